The Bertz CT molecular complexity index is 1080. The van der Waals surface area contributed by atoms with Crippen molar-refractivity contribution in [2.75, 3.05) is 12.9 Å². The molecule has 14 unspecified atom stereocenters. The van der Waals surface area contributed by atoms with Crippen LogP contribution in [0.15, 0.2) is 35.5 Å². The monoisotopic (exact) mass is 663 g/mol. The molecular formula is C45H74OS. The summed E-state index contributed by atoms with van der Waals surface area (Å²) in [6, 6.07) is 0. The first-order chi connectivity index (χ1) is 22.8. The Morgan fingerprint density at radius 2 is 1.53 bits per heavy atom. The molecule has 0 aromatic heterocycles. The first kappa shape index (κ1) is 36.3. The lowest BCUT2D eigenvalue weighted by Crippen LogP contribution is -2.46. The fourth-order valence-corrected chi connectivity index (χ4v) is 14.0. The molecule has 0 heterocycles. The summed E-state index contributed by atoms with van der Waals surface area (Å²) in [6.45, 7) is 15.5. The maximum Gasteiger partial charge on any atom is 0.0644 e. The standard InChI is InChI=1S/C45H74OS/c1-29-25-41(33(5)42(26-29)39-22-12-18-35-16-8-10-20-37(35)39)32(4)31(3)15-14-24-47-34(6)43-27-30(2)28-44(45(43)46-7)40-23-13-19-36-17-9-11-21-38(36)40/h8,14-16,29-35,37,39-45H,9-13,17-28H2,1-7H3/b15-14+/t29?,30?,31-,32?,33?,34?,35?,37?,39?,40?,41?,42?,43?,44?,45?/m0/s1. The molecule has 0 aliphatic heterocycles. The second kappa shape index (κ2) is 16.7. The number of allylic oxidation sites excluding steroid dienone is 5. The van der Waals surface area contributed by atoms with Crippen molar-refractivity contribution in [2.45, 2.75) is 156 Å². The summed E-state index contributed by atoms with van der Waals surface area (Å²) in [5, 5.41) is 0.653. The summed E-state index contributed by atoms with van der Waals surface area (Å²) >= 11 is 2.21. The maximum absolute atomic E-state index is 6.51. The van der Waals surface area contributed by atoms with E-state index < -0.39 is 0 Å². The van der Waals surface area contributed by atoms with Crippen molar-refractivity contribution in [3.05, 3.63) is 35.5 Å². The highest BCUT2D eigenvalue weighted by Crippen LogP contribution is 2.54. The van der Waals surface area contributed by atoms with Crippen molar-refractivity contribution < 1.29 is 4.74 Å². The largest absolute Gasteiger partial charge is 0.381 e. The normalized spacial score (nSPS) is 43.3. The predicted molar refractivity (Wildman–Crippen MR) is 206 cm³/mol. The number of thioether (sulfide) groups is 1. The SMILES string of the molecule is COC1C(C(C)SC/C=C/[C@H](C)C(C)C2CC(C)CC(C3CCCC4C=CCCC43)C2C)CC(C)CC1C1CCCC2=C1CCCC2. The van der Waals surface area contributed by atoms with Crippen LogP contribution in [0, 0.1) is 76.9 Å². The van der Waals surface area contributed by atoms with Crippen molar-refractivity contribution in [1.82, 2.24) is 0 Å². The highest BCUT2D eigenvalue weighted by molar-refractivity contribution is 8.00. The molecule has 15 atom stereocenters. The number of hydrogen-bond donors (Lipinski definition) is 0. The summed E-state index contributed by atoms with van der Waals surface area (Å²) in [4.78, 5) is 0. The Balaban J connectivity index is 1.04. The van der Waals surface area contributed by atoms with Gasteiger partial charge >= 0.3 is 0 Å². The minimum absolute atomic E-state index is 0.433. The molecule has 0 radical (unpaired) electrons. The van der Waals surface area contributed by atoms with Gasteiger partial charge in [-0.3, -0.25) is 0 Å². The lowest BCUT2D eigenvalue weighted by molar-refractivity contribution is -0.0516. The fraction of sp³-hybridized carbons (Fsp3) is 0.867. The molecule has 6 aliphatic carbocycles. The van der Waals surface area contributed by atoms with E-state index in [0.29, 0.717) is 23.2 Å². The lowest BCUT2D eigenvalue weighted by atomic mass is 9.54. The van der Waals surface area contributed by atoms with E-state index in [1.807, 2.05) is 18.3 Å². The molecular weight excluding hydrogens is 589 g/mol. The first-order valence-corrected chi connectivity index (χ1v) is 22.0. The Labute approximate surface area is 296 Å². The third-order valence-corrected chi connectivity index (χ3v) is 16.8. The van der Waals surface area contributed by atoms with Crippen molar-refractivity contribution in [3.8, 4) is 0 Å². The van der Waals surface area contributed by atoms with E-state index in [1.54, 1.807) is 0 Å². The molecule has 0 aromatic rings. The fourth-order valence-electron chi connectivity index (χ4n) is 13.0. The molecule has 0 bridgehead atoms. The van der Waals surface area contributed by atoms with Crippen molar-refractivity contribution in [2.24, 2.45) is 76.9 Å². The maximum atomic E-state index is 6.51. The number of rotatable bonds is 10. The van der Waals surface area contributed by atoms with Crippen LogP contribution in [-0.4, -0.2) is 24.2 Å². The van der Waals surface area contributed by atoms with Crippen LogP contribution in [0.4, 0.5) is 0 Å². The van der Waals surface area contributed by atoms with Gasteiger partial charge in [-0.15, -0.1) is 0 Å². The molecule has 266 valence electrons. The van der Waals surface area contributed by atoms with Gasteiger partial charge in [0.1, 0.15) is 0 Å². The Kier molecular flexibility index (Phi) is 12.9. The Hall–Kier alpha value is -0.470. The summed E-state index contributed by atoms with van der Waals surface area (Å²) in [6.07, 6.45) is 33.5. The van der Waals surface area contributed by atoms with Gasteiger partial charge in [-0.05, 0) is 173 Å². The van der Waals surface area contributed by atoms with Crippen molar-refractivity contribution in [3.63, 3.8) is 0 Å². The van der Waals surface area contributed by atoms with Gasteiger partial charge in [-0.2, -0.15) is 11.8 Å². The molecule has 0 N–H and O–H groups in total. The van der Waals surface area contributed by atoms with Gasteiger partial charge in [0.05, 0.1) is 6.10 Å². The second-order valence-electron chi connectivity index (χ2n) is 18.3. The summed E-state index contributed by atoms with van der Waals surface area (Å²) < 4.78 is 6.51. The quantitative estimate of drug-likeness (QED) is 0.215. The van der Waals surface area contributed by atoms with E-state index in [2.05, 4.69) is 77.6 Å². The zero-order chi connectivity index (χ0) is 33.1. The minimum Gasteiger partial charge on any atom is -0.381 e. The van der Waals surface area contributed by atoms with Gasteiger partial charge in [0, 0.05) is 18.1 Å². The average Bonchev–Trinajstić information content (AvgIpc) is 3.09. The Morgan fingerprint density at radius 3 is 2.34 bits per heavy atom. The second-order valence-corrected chi connectivity index (χ2v) is 19.7. The number of ether oxygens (including phenoxy) is 1. The van der Waals surface area contributed by atoms with Crippen LogP contribution >= 0.6 is 11.8 Å². The average molecular weight is 663 g/mol. The molecule has 0 amide bonds. The van der Waals surface area contributed by atoms with E-state index in [1.165, 1.54) is 103 Å². The van der Waals surface area contributed by atoms with E-state index in [4.69, 9.17) is 4.74 Å². The van der Waals surface area contributed by atoms with Crippen LogP contribution in [0.2, 0.25) is 0 Å². The third kappa shape index (κ3) is 8.21. The molecule has 0 aromatic carbocycles. The molecule has 6 rings (SSSR count). The van der Waals surface area contributed by atoms with Gasteiger partial charge in [0.25, 0.3) is 0 Å². The zero-order valence-corrected chi connectivity index (χ0v) is 32.6. The Morgan fingerprint density at radius 1 is 0.787 bits per heavy atom. The summed E-state index contributed by atoms with van der Waals surface area (Å²) in [7, 11) is 2.04. The smallest absolute Gasteiger partial charge is 0.0644 e. The molecule has 1 nitrogen and oxygen atoms in total. The molecule has 3 saturated carbocycles. The highest BCUT2D eigenvalue weighted by atomic mass is 32.2. The van der Waals surface area contributed by atoms with Gasteiger partial charge in [0.2, 0.25) is 0 Å². The summed E-state index contributed by atoms with van der Waals surface area (Å²) in [5.74, 6) is 12.0. The first-order valence-electron chi connectivity index (χ1n) is 20.9. The van der Waals surface area contributed by atoms with Gasteiger partial charge in [0.15, 0.2) is 0 Å². The molecule has 6 aliphatic rings. The van der Waals surface area contributed by atoms with Crippen LogP contribution in [0.1, 0.15) is 144 Å². The van der Waals surface area contributed by atoms with Crippen molar-refractivity contribution >= 4 is 11.8 Å². The number of methoxy groups -OCH3 is 1. The van der Waals surface area contributed by atoms with Crippen LogP contribution in [0.25, 0.3) is 0 Å². The lowest BCUT2D eigenvalue weighted by Gasteiger charge is -2.51. The van der Waals surface area contributed by atoms with Crippen LogP contribution < -0.4 is 0 Å². The molecule has 47 heavy (non-hydrogen) atoms. The van der Waals surface area contributed by atoms with Crippen LogP contribution in [0.5, 0.6) is 0 Å². The van der Waals surface area contributed by atoms with Gasteiger partial charge in [-0.25, -0.2) is 0 Å². The van der Waals surface area contributed by atoms with Crippen LogP contribution in [0.3, 0.4) is 0 Å². The van der Waals surface area contributed by atoms with Crippen LogP contribution in [-0.2, 0) is 4.74 Å². The van der Waals surface area contributed by atoms with Gasteiger partial charge < -0.3 is 4.74 Å². The third-order valence-electron chi connectivity index (χ3n) is 15.5. The molecule has 0 saturated heterocycles. The molecule has 0 spiro atoms. The van der Waals surface area contributed by atoms with E-state index in [0.717, 1.165) is 70.8 Å². The predicted octanol–water partition coefficient (Wildman–Crippen LogP) is 13.0. The molecule has 3 fully saturated rings. The van der Waals surface area contributed by atoms with Gasteiger partial charge in [-0.1, -0.05) is 83.4 Å². The van der Waals surface area contributed by atoms with E-state index in [-0.39, 0.29) is 0 Å². The van der Waals surface area contributed by atoms with E-state index in [9.17, 15) is 0 Å². The zero-order valence-electron chi connectivity index (χ0n) is 31.8. The van der Waals surface area contributed by atoms with E-state index >= 15 is 0 Å². The number of hydrogen-bond acceptors (Lipinski definition) is 2. The topological polar surface area (TPSA) is 9.23 Å². The minimum atomic E-state index is 0.433. The molecule has 2 heteroatoms. The highest BCUT2D eigenvalue weighted by Gasteiger charge is 2.46. The summed E-state index contributed by atoms with van der Waals surface area (Å²) in [5.41, 5.74) is 3.76. The number of fused-ring (bicyclic) bond motifs is 1. The van der Waals surface area contributed by atoms with Crippen molar-refractivity contribution in [1.29, 1.82) is 0 Å².